The normalized spacial score (nSPS) is 14.2. The van der Waals surface area contributed by atoms with Crippen LogP contribution in [0.25, 0.3) is 0 Å². The minimum atomic E-state index is -0.381. The molecule has 0 spiro atoms. The molecule has 1 aliphatic rings. The second kappa shape index (κ2) is 9.69. The van der Waals surface area contributed by atoms with Crippen LogP contribution in [0.3, 0.4) is 0 Å². The number of carbonyl (C=O) groups excluding carboxylic acids is 2. The van der Waals surface area contributed by atoms with Crippen LogP contribution in [0.5, 0.6) is 5.75 Å². The first-order valence-corrected chi connectivity index (χ1v) is 10.8. The first-order chi connectivity index (χ1) is 15.1. The van der Waals surface area contributed by atoms with Gasteiger partial charge in [-0.1, -0.05) is 43.5 Å². The van der Waals surface area contributed by atoms with E-state index in [4.69, 9.17) is 4.74 Å². The molecule has 4 heteroatoms. The Hall–Kier alpha value is -3.27. The SMILES string of the molecule is O=C(COc1ccc(C(=O)c2ccc(F)cc2)cc1)c1ccc(C2CCCCC2)cc1. The lowest BCUT2D eigenvalue weighted by atomic mass is 9.84. The summed E-state index contributed by atoms with van der Waals surface area (Å²) >= 11 is 0. The second-order valence-electron chi connectivity index (χ2n) is 8.03. The van der Waals surface area contributed by atoms with Crippen LogP contribution in [0.15, 0.2) is 72.8 Å². The van der Waals surface area contributed by atoms with Crippen molar-refractivity contribution in [2.45, 2.75) is 38.0 Å². The highest BCUT2D eigenvalue weighted by Crippen LogP contribution is 2.32. The molecule has 3 aromatic rings. The summed E-state index contributed by atoms with van der Waals surface area (Å²) in [5, 5.41) is 0. The molecule has 31 heavy (non-hydrogen) atoms. The molecule has 4 rings (SSSR count). The Kier molecular flexibility index (Phi) is 6.56. The van der Waals surface area contributed by atoms with E-state index in [-0.39, 0.29) is 24.0 Å². The van der Waals surface area contributed by atoms with E-state index in [2.05, 4.69) is 12.1 Å². The lowest BCUT2D eigenvalue weighted by Gasteiger charge is -2.22. The Morgan fingerprint density at radius 1 is 0.742 bits per heavy atom. The van der Waals surface area contributed by atoms with Gasteiger partial charge >= 0.3 is 0 Å². The summed E-state index contributed by atoms with van der Waals surface area (Å²) in [6.45, 7) is -0.0615. The average molecular weight is 416 g/mol. The highest BCUT2D eigenvalue weighted by Gasteiger charge is 2.16. The van der Waals surface area contributed by atoms with E-state index >= 15 is 0 Å². The lowest BCUT2D eigenvalue weighted by Crippen LogP contribution is -2.12. The molecule has 0 amide bonds. The van der Waals surface area contributed by atoms with Crippen molar-refractivity contribution in [1.29, 1.82) is 0 Å². The minimum Gasteiger partial charge on any atom is -0.485 e. The van der Waals surface area contributed by atoms with Gasteiger partial charge in [-0.25, -0.2) is 4.39 Å². The molecule has 0 aromatic heterocycles. The van der Waals surface area contributed by atoms with Crippen LogP contribution in [-0.4, -0.2) is 18.2 Å². The fourth-order valence-corrected chi connectivity index (χ4v) is 4.08. The highest BCUT2D eigenvalue weighted by atomic mass is 19.1. The van der Waals surface area contributed by atoms with Crippen molar-refractivity contribution in [1.82, 2.24) is 0 Å². The van der Waals surface area contributed by atoms with Crippen molar-refractivity contribution < 1.29 is 18.7 Å². The summed E-state index contributed by atoms with van der Waals surface area (Å²) in [7, 11) is 0. The molecule has 3 aromatic carbocycles. The summed E-state index contributed by atoms with van der Waals surface area (Å²) in [4.78, 5) is 24.9. The number of ether oxygens (including phenoxy) is 1. The molecular weight excluding hydrogens is 391 g/mol. The summed E-state index contributed by atoms with van der Waals surface area (Å²) in [5.41, 5.74) is 2.85. The molecule has 1 aliphatic carbocycles. The molecule has 0 atom stereocenters. The van der Waals surface area contributed by atoms with Crippen LogP contribution in [0.4, 0.5) is 4.39 Å². The third-order valence-corrected chi connectivity index (χ3v) is 5.90. The van der Waals surface area contributed by atoms with Gasteiger partial charge in [0.1, 0.15) is 11.6 Å². The Morgan fingerprint density at radius 2 is 1.29 bits per heavy atom. The van der Waals surface area contributed by atoms with Crippen molar-refractivity contribution in [3.63, 3.8) is 0 Å². The first kappa shape index (κ1) is 21.0. The van der Waals surface area contributed by atoms with Gasteiger partial charge in [0.05, 0.1) is 0 Å². The summed E-state index contributed by atoms with van der Waals surface area (Å²) in [6.07, 6.45) is 6.36. The Morgan fingerprint density at radius 3 is 1.90 bits per heavy atom. The fraction of sp³-hybridized carbons (Fsp3) is 0.259. The van der Waals surface area contributed by atoms with E-state index < -0.39 is 0 Å². The smallest absolute Gasteiger partial charge is 0.200 e. The van der Waals surface area contributed by atoms with Gasteiger partial charge in [0.15, 0.2) is 18.2 Å². The predicted molar refractivity (Wildman–Crippen MR) is 118 cm³/mol. The molecule has 0 bridgehead atoms. The minimum absolute atomic E-state index is 0.0615. The topological polar surface area (TPSA) is 43.4 Å². The van der Waals surface area contributed by atoms with E-state index in [9.17, 15) is 14.0 Å². The number of rotatable bonds is 7. The molecule has 3 nitrogen and oxygen atoms in total. The van der Waals surface area contributed by atoms with Gasteiger partial charge in [-0.05, 0) is 72.9 Å². The number of benzene rings is 3. The first-order valence-electron chi connectivity index (χ1n) is 10.8. The standard InChI is InChI=1S/C27H25FO3/c28-24-14-10-22(11-15-24)27(30)23-12-16-25(17-13-23)31-18-26(29)21-8-6-20(7-9-21)19-4-2-1-3-5-19/h6-17,19H,1-5,18H2. The van der Waals surface area contributed by atoms with Gasteiger partial charge in [0, 0.05) is 16.7 Å². The van der Waals surface area contributed by atoms with E-state index in [1.165, 1.54) is 61.9 Å². The van der Waals surface area contributed by atoms with Crippen LogP contribution in [0.1, 0.15) is 69.9 Å². The number of hydrogen-bond acceptors (Lipinski definition) is 3. The third-order valence-electron chi connectivity index (χ3n) is 5.90. The zero-order valence-corrected chi connectivity index (χ0v) is 17.4. The predicted octanol–water partition coefficient (Wildman–Crippen LogP) is 6.37. The monoisotopic (exact) mass is 416 g/mol. The van der Waals surface area contributed by atoms with Crippen molar-refractivity contribution in [2.24, 2.45) is 0 Å². The van der Waals surface area contributed by atoms with Gasteiger partial charge in [-0.3, -0.25) is 9.59 Å². The number of ketones is 2. The van der Waals surface area contributed by atoms with Gasteiger partial charge in [0.2, 0.25) is 0 Å². The Bertz CT molecular complexity index is 1030. The molecule has 0 unspecified atom stereocenters. The zero-order chi connectivity index (χ0) is 21.6. The van der Waals surface area contributed by atoms with Gasteiger partial charge in [-0.15, -0.1) is 0 Å². The number of carbonyl (C=O) groups is 2. The van der Waals surface area contributed by atoms with Gasteiger partial charge in [0.25, 0.3) is 0 Å². The van der Waals surface area contributed by atoms with Crippen LogP contribution < -0.4 is 4.74 Å². The Labute approximate surface area is 181 Å². The third kappa shape index (κ3) is 5.26. The zero-order valence-electron chi connectivity index (χ0n) is 17.4. The fourth-order valence-electron chi connectivity index (χ4n) is 4.08. The molecule has 1 fully saturated rings. The Balaban J connectivity index is 1.33. The highest BCUT2D eigenvalue weighted by molar-refractivity contribution is 6.09. The maximum Gasteiger partial charge on any atom is 0.200 e. The molecule has 0 aliphatic heterocycles. The summed E-state index contributed by atoms with van der Waals surface area (Å²) in [5.74, 6) is 0.476. The van der Waals surface area contributed by atoms with E-state index in [1.807, 2.05) is 12.1 Å². The van der Waals surface area contributed by atoms with E-state index in [0.29, 0.717) is 28.4 Å². The molecular formula is C27H25FO3. The van der Waals surface area contributed by atoms with Crippen LogP contribution in [0, 0.1) is 5.82 Å². The van der Waals surface area contributed by atoms with Crippen LogP contribution >= 0.6 is 0 Å². The van der Waals surface area contributed by atoms with Crippen LogP contribution in [0.2, 0.25) is 0 Å². The summed E-state index contributed by atoms with van der Waals surface area (Å²) < 4.78 is 18.6. The van der Waals surface area contributed by atoms with Crippen molar-refractivity contribution in [3.05, 3.63) is 101 Å². The second-order valence-corrected chi connectivity index (χ2v) is 8.03. The average Bonchev–Trinajstić information content (AvgIpc) is 2.83. The molecule has 0 radical (unpaired) electrons. The maximum atomic E-state index is 13.0. The molecule has 158 valence electrons. The summed E-state index contributed by atoms with van der Waals surface area (Å²) in [6, 6.07) is 20.0. The molecule has 0 N–H and O–H groups in total. The van der Waals surface area contributed by atoms with Gasteiger partial charge in [-0.2, -0.15) is 0 Å². The van der Waals surface area contributed by atoms with Gasteiger partial charge < -0.3 is 4.74 Å². The number of hydrogen-bond donors (Lipinski definition) is 0. The largest absolute Gasteiger partial charge is 0.485 e. The quantitative estimate of drug-likeness (QED) is 0.421. The number of Topliss-reactive ketones (excluding diaryl/α,β-unsaturated/α-hetero) is 1. The van der Waals surface area contributed by atoms with Crippen molar-refractivity contribution in [3.8, 4) is 5.75 Å². The maximum absolute atomic E-state index is 13.0. The van der Waals surface area contributed by atoms with E-state index in [0.717, 1.165) is 0 Å². The van der Waals surface area contributed by atoms with Crippen LogP contribution in [-0.2, 0) is 0 Å². The molecule has 0 saturated heterocycles. The van der Waals surface area contributed by atoms with E-state index in [1.54, 1.807) is 24.3 Å². The van der Waals surface area contributed by atoms with Crippen molar-refractivity contribution >= 4 is 11.6 Å². The molecule has 1 saturated carbocycles. The van der Waals surface area contributed by atoms with Crippen molar-refractivity contribution in [2.75, 3.05) is 6.61 Å². The number of halogens is 1. The molecule has 0 heterocycles. The lowest BCUT2D eigenvalue weighted by molar-refractivity contribution is 0.0920.